The molecule has 0 aromatic rings. The Morgan fingerprint density at radius 3 is 2.75 bits per heavy atom. The molecule has 0 aromatic carbocycles. The van der Waals surface area contributed by atoms with Crippen molar-refractivity contribution in [2.24, 2.45) is 5.92 Å². The highest BCUT2D eigenvalue weighted by Crippen LogP contribution is 2.34. The zero-order chi connectivity index (χ0) is 14.1. The number of likely N-dealkylation sites (N-methyl/N-ethyl adjacent to an activating group) is 1. The average molecular weight is 279 g/mol. The lowest BCUT2D eigenvalue weighted by atomic mass is 9.79. The van der Waals surface area contributed by atoms with Crippen molar-refractivity contribution in [3.05, 3.63) is 0 Å². The fourth-order valence-corrected chi connectivity index (χ4v) is 4.98. The van der Waals surface area contributed by atoms with E-state index in [2.05, 4.69) is 36.0 Å². The largest absolute Gasteiger partial charge is 0.315 e. The van der Waals surface area contributed by atoms with E-state index < -0.39 is 0 Å². The Kier molecular flexibility index (Phi) is 4.68. The van der Waals surface area contributed by atoms with E-state index in [1.165, 1.54) is 58.2 Å². The van der Waals surface area contributed by atoms with Crippen LogP contribution in [0.1, 0.15) is 52.4 Å². The summed E-state index contributed by atoms with van der Waals surface area (Å²) in [5, 5.41) is 3.62. The maximum absolute atomic E-state index is 3.62. The summed E-state index contributed by atoms with van der Waals surface area (Å²) in [6.07, 6.45) is 8.43. The van der Waals surface area contributed by atoms with Crippen LogP contribution in [0, 0.1) is 5.92 Å². The van der Waals surface area contributed by atoms with E-state index in [-0.39, 0.29) is 0 Å². The lowest BCUT2D eigenvalue weighted by Gasteiger charge is -2.50. The Bertz CT molecular complexity index is 319. The molecule has 2 heterocycles. The van der Waals surface area contributed by atoms with Crippen molar-refractivity contribution in [3.63, 3.8) is 0 Å². The van der Waals surface area contributed by atoms with Gasteiger partial charge in [0.2, 0.25) is 0 Å². The molecule has 3 aliphatic rings. The highest BCUT2D eigenvalue weighted by atomic mass is 15.3. The second-order valence-electron chi connectivity index (χ2n) is 7.39. The predicted octanol–water partition coefficient (Wildman–Crippen LogP) is 2.32. The lowest BCUT2D eigenvalue weighted by Crippen LogP contribution is -2.63. The zero-order valence-electron chi connectivity index (χ0n) is 13.6. The van der Waals surface area contributed by atoms with E-state index in [0.29, 0.717) is 6.04 Å². The molecule has 1 saturated carbocycles. The number of nitrogens with one attached hydrogen (secondary N) is 1. The summed E-state index contributed by atoms with van der Waals surface area (Å²) >= 11 is 0. The minimum Gasteiger partial charge on any atom is -0.315 e. The van der Waals surface area contributed by atoms with Gasteiger partial charge >= 0.3 is 0 Å². The molecule has 5 atom stereocenters. The molecule has 0 aromatic heterocycles. The molecule has 3 fully saturated rings. The van der Waals surface area contributed by atoms with Crippen LogP contribution in [0.15, 0.2) is 0 Å². The van der Waals surface area contributed by atoms with Gasteiger partial charge in [-0.25, -0.2) is 0 Å². The van der Waals surface area contributed by atoms with Crippen molar-refractivity contribution >= 4 is 0 Å². The third kappa shape index (κ3) is 2.77. The summed E-state index contributed by atoms with van der Waals surface area (Å²) in [4.78, 5) is 5.62. The van der Waals surface area contributed by atoms with Gasteiger partial charge in [0, 0.05) is 37.3 Å². The van der Waals surface area contributed by atoms with E-state index in [1.54, 1.807) is 0 Å². The fraction of sp³-hybridized carbons (Fsp3) is 1.00. The molecule has 5 unspecified atom stereocenters. The molecule has 0 bridgehead atoms. The monoisotopic (exact) mass is 279 g/mol. The van der Waals surface area contributed by atoms with Crippen LogP contribution < -0.4 is 5.32 Å². The topological polar surface area (TPSA) is 18.5 Å². The minimum absolute atomic E-state index is 0.716. The lowest BCUT2D eigenvalue weighted by molar-refractivity contribution is -0.00398. The summed E-state index contributed by atoms with van der Waals surface area (Å²) in [5.41, 5.74) is 0. The Labute approximate surface area is 125 Å². The van der Waals surface area contributed by atoms with Crippen LogP contribution in [0.5, 0.6) is 0 Å². The molecule has 0 radical (unpaired) electrons. The smallest absolute Gasteiger partial charge is 0.0255 e. The molecule has 2 aliphatic heterocycles. The first-order chi connectivity index (χ1) is 9.72. The standard InChI is InChI=1S/C17H33N3/c1-4-14-7-8-16(18-3)17(10-14)20-12-15-6-5-9-19(15)11-13(20)2/h13-18H,4-12H2,1-3H3. The van der Waals surface area contributed by atoms with Gasteiger partial charge in [-0.1, -0.05) is 13.3 Å². The number of hydrogen-bond acceptors (Lipinski definition) is 3. The Hall–Kier alpha value is -0.120. The molecule has 3 nitrogen and oxygen atoms in total. The van der Waals surface area contributed by atoms with E-state index in [0.717, 1.165) is 24.0 Å². The molecule has 3 rings (SSSR count). The first-order valence-electron chi connectivity index (χ1n) is 8.90. The summed E-state index contributed by atoms with van der Waals surface area (Å²) in [5.74, 6) is 0.957. The second-order valence-corrected chi connectivity index (χ2v) is 7.39. The van der Waals surface area contributed by atoms with Crippen molar-refractivity contribution in [1.29, 1.82) is 0 Å². The molecule has 1 aliphatic carbocycles. The summed E-state index contributed by atoms with van der Waals surface area (Å²) in [6.45, 7) is 8.80. The molecule has 116 valence electrons. The van der Waals surface area contributed by atoms with Crippen LogP contribution in [0.3, 0.4) is 0 Å². The van der Waals surface area contributed by atoms with Gasteiger partial charge in [0.05, 0.1) is 0 Å². The van der Waals surface area contributed by atoms with Gasteiger partial charge in [0.15, 0.2) is 0 Å². The third-order valence-electron chi connectivity index (χ3n) is 6.28. The van der Waals surface area contributed by atoms with Gasteiger partial charge in [-0.3, -0.25) is 9.80 Å². The Morgan fingerprint density at radius 2 is 2.00 bits per heavy atom. The number of piperazine rings is 1. The summed E-state index contributed by atoms with van der Waals surface area (Å²) in [7, 11) is 2.17. The van der Waals surface area contributed by atoms with Crippen LogP contribution in [0.2, 0.25) is 0 Å². The Balaban J connectivity index is 1.71. The van der Waals surface area contributed by atoms with Crippen LogP contribution in [0.4, 0.5) is 0 Å². The van der Waals surface area contributed by atoms with Crippen LogP contribution in [-0.4, -0.2) is 60.6 Å². The average Bonchev–Trinajstić information content (AvgIpc) is 2.92. The van der Waals surface area contributed by atoms with E-state index in [9.17, 15) is 0 Å². The number of rotatable bonds is 3. The second kappa shape index (κ2) is 6.33. The maximum atomic E-state index is 3.62. The zero-order valence-corrected chi connectivity index (χ0v) is 13.6. The number of hydrogen-bond donors (Lipinski definition) is 1. The minimum atomic E-state index is 0.716. The van der Waals surface area contributed by atoms with Crippen molar-refractivity contribution in [1.82, 2.24) is 15.1 Å². The number of nitrogens with zero attached hydrogens (tertiary/aromatic N) is 2. The normalized spacial score (nSPS) is 43.6. The molecule has 0 amide bonds. The molecule has 1 N–H and O–H groups in total. The van der Waals surface area contributed by atoms with Gasteiger partial charge in [-0.05, 0) is 58.5 Å². The molecular weight excluding hydrogens is 246 g/mol. The predicted molar refractivity (Wildman–Crippen MR) is 85.0 cm³/mol. The van der Waals surface area contributed by atoms with Crippen LogP contribution in [0.25, 0.3) is 0 Å². The third-order valence-corrected chi connectivity index (χ3v) is 6.28. The van der Waals surface area contributed by atoms with Crippen LogP contribution in [-0.2, 0) is 0 Å². The van der Waals surface area contributed by atoms with Gasteiger partial charge in [0.1, 0.15) is 0 Å². The van der Waals surface area contributed by atoms with Crippen molar-refractivity contribution in [2.75, 3.05) is 26.7 Å². The molecular formula is C17H33N3. The fourth-order valence-electron chi connectivity index (χ4n) is 4.98. The molecule has 0 spiro atoms. The molecule has 3 heteroatoms. The first kappa shape index (κ1) is 14.8. The van der Waals surface area contributed by atoms with E-state index >= 15 is 0 Å². The summed E-state index contributed by atoms with van der Waals surface area (Å²) in [6, 6.07) is 3.08. The van der Waals surface area contributed by atoms with E-state index in [1.807, 2.05) is 0 Å². The quantitative estimate of drug-likeness (QED) is 0.855. The highest BCUT2D eigenvalue weighted by Gasteiger charge is 2.41. The molecule has 2 saturated heterocycles. The van der Waals surface area contributed by atoms with Crippen molar-refractivity contribution < 1.29 is 0 Å². The van der Waals surface area contributed by atoms with Crippen LogP contribution >= 0.6 is 0 Å². The highest BCUT2D eigenvalue weighted by molar-refractivity contribution is 4.98. The van der Waals surface area contributed by atoms with Gasteiger partial charge in [-0.2, -0.15) is 0 Å². The van der Waals surface area contributed by atoms with Crippen molar-refractivity contribution in [2.45, 2.75) is 76.5 Å². The van der Waals surface area contributed by atoms with E-state index in [4.69, 9.17) is 0 Å². The Morgan fingerprint density at radius 1 is 1.15 bits per heavy atom. The summed E-state index contributed by atoms with van der Waals surface area (Å²) < 4.78 is 0. The van der Waals surface area contributed by atoms with Gasteiger partial charge in [0.25, 0.3) is 0 Å². The maximum Gasteiger partial charge on any atom is 0.0255 e. The van der Waals surface area contributed by atoms with Crippen molar-refractivity contribution in [3.8, 4) is 0 Å². The number of fused-ring (bicyclic) bond motifs is 1. The molecule has 20 heavy (non-hydrogen) atoms. The van der Waals surface area contributed by atoms with Gasteiger partial charge < -0.3 is 5.32 Å². The SMILES string of the molecule is CCC1CCC(NC)C(N2CC3CCCN3CC2C)C1. The first-order valence-corrected chi connectivity index (χ1v) is 8.90. The van der Waals surface area contributed by atoms with Gasteiger partial charge in [-0.15, -0.1) is 0 Å².